The molecular weight excluding hydrogens is 354 g/mol. The summed E-state index contributed by atoms with van der Waals surface area (Å²) in [5.41, 5.74) is 3.84. The van der Waals surface area contributed by atoms with E-state index in [-0.39, 0.29) is 0 Å². The average Bonchev–Trinajstić information content (AvgIpc) is 3.06. The van der Waals surface area contributed by atoms with Gasteiger partial charge < -0.3 is 0 Å². The highest BCUT2D eigenvalue weighted by atomic mass is 16.7. The molecule has 156 valence electrons. The number of fused-ring (bicyclic) bond motifs is 7. The second-order valence-corrected chi connectivity index (χ2v) is 11.2. The van der Waals surface area contributed by atoms with Crippen molar-refractivity contribution < 1.29 is 4.84 Å². The summed E-state index contributed by atoms with van der Waals surface area (Å²) in [6.07, 6.45) is 15.8. The van der Waals surface area contributed by atoms with Crippen molar-refractivity contribution in [1.29, 1.82) is 0 Å². The molecule has 5 aliphatic rings. The van der Waals surface area contributed by atoms with Crippen LogP contribution in [0.5, 0.6) is 0 Å². The number of hydrogen-bond acceptors (Lipinski definition) is 2. The van der Waals surface area contributed by atoms with Crippen LogP contribution >= 0.6 is 0 Å². The van der Waals surface area contributed by atoms with Gasteiger partial charge >= 0.3 is 0 Å². The maximum Gasteiger partial charge on any atom is 0.108 e. The molecule has 7 atom stereocenters. The van der Waals surface area contributed by atoms with Crippen molar-refractivity contribution in [3.8, 4) is 0 Å². The number of benzene rings is 1. The Labute approximate surface area is 176 Å². The number of hydrogen-bond donors (Lipinski definition) is 0. The lowest BCUT2D eigenvalue weighted by Crippen LogP contribution is -2.52. The first-order valence-corrected chi connectivity index (χ1v) is 12.3. The van der Waals surface area contributed by atoms with Gasteiger partial charge in [-0.2, -0.15) is 0 Å². The van der Waals surface area contributed by atoms with Crippen molar-refractivity contribution in [3.63, 3.8) is 0 Å². The molecule has 0 spiro atoms. The fraction of sp³-hybridized carbons (Fsp3) is 0.704. The molecule has 2 nitrogen and oxygen atoms in total. The molecule has 6 rings (SSSR count). The molecule has 0 radical (unpaired) electrons. The average molecular weight is 392 g/mol. The summed E-state index contributed by atoms with van der Waals surface area (Å²) in [5, 5.41) is 2.13. The third-order valence-electron chi connectivity index (χ3n) is 10.2. The highest BCUT2D eigenvalue weighted by Crippen LogP contribution is 2.67. The van der Waals surface area contributed by atoms with E-state index in [4.69, 9.17) is 4.84 Å². The fourth-order valence-corrected chi connectivity index (χ4v) is 8.74. The van der Waals surface area contributed by atoms with Crippen LogP contribution in [0.1, 0.15) is 71.6 Å². The molecule has 0 N–H and O–H groups in total. The standard InChI is InChI=1S/C27H37NO/c1-26-15-7-6-8-19(26)11-12-21-22(26)13-16-27(2)23-14-17-28(20-9-4-3-5-10-20)29-25(23)18-24(21)27/h3-5,9-10,14,19,21-22,24-25H,6-8,11-13,15-18H2,1-2H3/t19?,21-,22+,24+,25-,26+,27-/m1/s1. The molecule has 1 aliphatic heterocycles. The lowest BCUT2D eigenvalue weighted by Gasteiger charge is -2.60. The van der Waals surface area contributed by atoms with Crippen LogP contribution in [0.2, 0.25) is 0 Å². The van der Waals surface area contributed by atoms with Crippen molar-refractivity contribution in [2.24, 2.45) is 34.5 Å². The summed E-state index contributed by atoms with van der Waals surface area (Å²) in [4.78, 5) is 6.63. The summed E-state index contributed by atoms with van der Waals surface area (Å²) < 4.78 is 0. The number of para-hydroxylation sites is 1. The van der Waals surface area contributed by atoms with E-state index < -0.39 is 0 Å². The Hall–Kier alpha value is -1.28. The second kappa shape index (κ2) is 6.61. The first-order chi connectivity index (χ1) is 14.1. The van der Waals surface area contributed by atoms with Gasteiger partial charge in [-0.25, -0.2) is 5.06 Å². The smallest absolute Gasteiger partial charge is 0.108 e. The predicted octanol–water partition coefficient (Wildman–Crippen LogP) is 6.78. The summed E-state index contributed by atoms with van der Waals surface area (Å²) in [6, 6.07) is 10.7. The lowest BCUT2D eigenvalue weighted by atomic mass is 9.45. The SMILES string of the molecule is C[C@]12CCCCC1CC[C@@H]1[C@@H]2CC[C@]2(C)C3=CCN(c4ccccc4)O[C@@H]3C[C@@H]12. The first-order valence-electron chi connectivity index (χ1n) is 12.3. The van der Waals surface area contributed by atoms with Crippen LogP contribution in [0, 0.1) is 34.5 Å². The fourth-order valence-electron chi connectivity index (χ4n) is 8.74. The topological polar surface area (TPSA) is 12.5 Å². The Morgan fingerprint density at radius 2 is 1.79 bits per heavy atom. The maximum atomic E-state index is 6.63. The van der Waals surface area contributed by atoms with Gasteiger partial charge in [0.2, 0.25) is 0 Å². The van der Waals surface area contributed by atoms with Gasteiger partial charge in [0.25, 0.3) is 0 Å². The lowest BCUT2D eigenvalue weighted by molar-refractivity contribution is -0.0981. The molecule has 0 saturated heterocycles. The molecule has 1 heterocycles. The van der Waals surface area contributed by atoms with Crippen LogP contribution in [0.3, 0.4) is 0 Å². The van der Waals surface area contributed by atoms with Gasteiger partial charge in [0.1, 0.15) is 6.10 Å². The van der Waals surface area contributed by atoms with E-state index in [0.29, 0.717) is 16.9 Å². The Morgan fingerprint density at radius 3 is 2.66 bits per heavy atom. The monoisotopic (exact) mass is 391 g/mol. The highest BCUT2D eigenvalue weighted by molar-refractivity contribution is 5.46. The van der Waals surface area contributed by atoms with E-state index in [0.717, 1.165) is 30.2 Å². The number of anilines is 1. The van der Waals surface area contributed by atoms with Gasteiger partial charge in [0.05, 0.1) is 12.2 Å². The van der Waals surface area contributed by atoms with Crippen LogP contribution < -0.4 is 5.06 Å². The molecule has 29 heavy (non-hydrogen) atoms. The van der Waals surface area contributed by atoms with E-state index in [9.17, 15) is 0 Å². The zero-order chi connectivity index (χ0) is 19.6. The molecule has 4 aliphatic carbocycles. The molecule has 1 unspecified atom stereocenters. The molecule has 4 saturated carbocycles. The van der Waals surface area contributed by atoms with Gasteiger partial charge in [0.15, 0.2) is 0 Å². The van der Waals surface area contributed by atoms with E-state index in [1.54, 1.807) is 5.57 Å². The highest BCUT2D eigenvalue weighted by Gasteiger charge is 2.61. The van der Waals surface area contributed by atoms with Gasteiger partial charge in [-0.05, 0) is 97.2 Å². The third kappa shape index (κ3) is 2.63. The van der Waals surface area contributed by atoms with Crippen LogP contribution in [-0.2, 0) is 4.84 Å². The first kappa shape index (κ1) is 18.5. The molecular formula is C27H37NO. The molecule has 0 aromatic heterocycles. The van der Waals surface area contributed by atoms with Crippen molar-refractivity contribution in [2.75, 3.05) is 11.6 Å². The minimum absolute atomic E-state index is 0.301. The summed E-state index contributed by atoms with van der Waals surface area (Å²) in [7, 11) is 0. The quantitative estimate of drug-likeness (QED) is 0.489. The van der Waals surface area contributed by atoms with Gasteiger partial charge in [-0.1, -0.05) is 51.0 Å². The van der Waals surface area contributed by atoms with Crippen LogP contribution in [0.4, 0.5) is 5.69 Å². The van der Waals surface area contributed by atoms with Gasteiger partial charge in [-0.3, -0.25) is 4.84 Å². The van der Waals surface area contributed by atoms with Gasteiger partial charge in [-0.15, -0.1) is 0 Å². The summed E-state index contributed by atoms with van der Waals surface area (Å²) >= 11 is 0. The van der Waals surface area contributed by atoms with Crippen LogP contribution in [0.25, 0.3) is 0 Å². The molecule has 0 bridgehead atoms. The number of rotatable bonds is 1. The second-order valence-electron chi connectivity index (χ2n) is 11.2. The third-order valence-corrected chi connectivity index (χ3v) is 10.2. The van der Waals surface area contributed by atoms with Crippen molar-refractivity contribution in [3.05, 3.63) is 42.0 Å². The molecule has 0 amide bonds. The van der Waals surface area contributed by atoms with Gasteiger partial charge in [0, 0.05) is 0 Å². The Kier molecular flexibility index (Phi) is 4.21. The Morgan fingerprint density at radius 1 is 0.931 bits per heavy atom. The molecule has 1 aromatic carbocycles. The molecule has 2 heteroatoms. The van der Waals surface area contributed by atoms with E-state index in [1.165, 1.54) is 63.5 Å². The Balaban J connectivity index is 1.28. The number of hydroxylamine groups is 1. The van der Waals surface area contributed by atoms with E-state index in [1.807, 2.05) is 0 Å². The van der Waals surface area contributed by atoms with E-state index in [2.05, 4.69) is 55.3 Å². The zero-order valence-corrected chi connectivity index (χ0v) is 18.3. The van der Waals surface area contributed by atoms with E-state index >= 15 is 0 Å². The number of nitrogens with zero attached hydrogens (tertiary/aromatic N) is 1. The predicted molar refractivity (Wildman–Crippen MR) is 118 cm³/mol. The van der Waals surface area contributed by atoms with Crippen molar-refractivity contribution >= 4 is 5.69 Å². The molecule has 4 fully saturated rings. The Bertz CT molecular complexity index is 802. The molecule has 1 aromatic rings. The van der Waals surface area contributed by atoms with Crippen LogP contribution in [-0.4, -0.2) is 12.6 Å². The normalized spacial score (nSPS) is 46.2. The van der Waals surface area contributed by atoms with Crippen LogP contribution in [0.15, 0.2) is 42.0 Å². The largest absolute Gasteiger partial charge is 0.265 e. The van der Waals surface area contributed by atoms with Crippen molar-refractivity contribution in [1.82, 2.24) is 0 Å². The maximum absolute atomic E-state index is 6.63. The summed E-state index contributed by atoms with van der Waals surface area (Å²) in [6.45, 7) is 6.17. The minimum Gasteiger partial charge on any atom is -0.265 e. The van der Waals surface area contributed by atoms with Crippen molar-refractivity contribution in [2.45, 2.75) is 77.7 Å². The summed E-state index contributed by atoms with van der Waals surface area (Å²) in [5.74, 6) is 3.72. The minimum atomic E-state index is 0.301. The zero-order valence-electron chi connectivity index (χ0n) is 18.3.